The molecule has 0 heterocycles. The van der Waals surface area contributed by atoms with Crippen LogP contribution in [0.3, 0.4) is 0 Å². The van der Waals surface area contributed by atoms with Gasteiger partial charge in [0.2, 0.25) is 0 Å². The van der Waals surface area contributed by atoms with Crippen LogP contribution in [0.1, 0.15) is 26.7 Å². The van der Waals surface area contributed by atoms with Crippen molar-refractivity contribution in [2.24, 2.45) is 5.41 Å². The highest BCUT2D eigenvalue weighted by atomic mass is 16.3. The number of nitrogens with two attached hydrogens (primary N) is 1. The topological polar surface area (TPSA) is 58.3 Å². The van der Waals surface area contributed by atoms with Gasteiger partial charge >= 0.3 is 0 Å². The van der Waals surface area contributed by atoms with Crippen molar-refractivity contribution in [3.05, 3.63) is 24.3 Å². The molecule has 1 aromatic rings. The highest BCUT2D eigenvalue weighted by Crippen LogP contribution is 2.26. The van der Waals surface area contributed by atoms with Crippen LogP contribution in [0.5, 0.6) is 0 Å². The first kappa shape index (κ1) is 12.8. The van der Waals surface area contributed by atoms with Gasteiger partial charge in [0.05, 0.1) is 6.61 Å². The Morgan fingerprint density at radius 2 is 2.00 bits per heavy atom. The van der Waals surface area contributed by atoms with Crippen molar-refractivity contribution in [2.45, 2.75) is 26.7 Å². The van der Waals surface area contributed by atoms with Crippen LogP contribution in [0.15, 0.2) is 24.3 Å². The predicted octanol–water partition coefficient (Wildman–Crippen LogP) is 2.48. The average Bonchev–Trinajstić information content (AvgIpc) is 2.32. The van der Waals surface area contributed by atoms with Crippen molar-refractivity contribution in [1.82, 2.24) is 0 Å². The number of nitrogens with one attached hydrogen (secondary N) is 1. The summed E-state index contributed by atoms with van der Waals surface area (Å²) in [6.45, 7) is 5.22. The van der Waals surface area contributed by atoms with E-state index in [2.05, 4.69) is 19.2 Å². The molecule has 0 aliphatic heterocycles. The lowest BCUT2D eigenvalue weighted by molar-refractivity contribution is 0.127. The number of hydrogen-bond donors (Lipinski definition) is 3. The summed E-state index contributed by atoms with van der Waals surface area (Å²) in [5, 5.41) is 12.8. The second-order valence-electron chi connectivity index (χ2n) is 4.34. The van der Waals surface area contributed by atoms with Gasteiger partial charge in [-0.05, 0) is 31.0 Å². The van der Waals surface area contributed by atoms with Gasteiger partial charge in [-0.2, -0.15) is 0 Å². The van der Waals surface area contributed by atoms with Gasteiger partial charge in [-0.3, -0.25) is 0 Å². The third-order valence-corrected chi connectivity index (χ3v) is 3.39. The molecule has 0 bridgehead atoms. The lowest BCUT2D eigenvalue weighted by atomic mass is 9.83. The van der Waals surface area contributed by atoms with E-state index in [1.807, 2.05) is 24.3 Å². The maximum absolute atomic E-state index is 9.44. The molecule has 0 saturated heterocycles. The van der Waals surface area contributed by atoms with Gasteiger partial charge in [0.25, 0.3) is 0 Å². The number of aliphatic hydroxyl groups is 1. The van der Waals surface area contributed by atoms with Crippen molar-refractivity contribution in [2.75, 3.05) is 24.2 Å². The van der Waals surface area contributed by atoms with Gasteiger partial charge < -0.3 is 16.2 Å². The third kappa shape index (κ3) is 3.14. The van der Waals surface area contributed by atoms with E-state index in [1.165, 1.54) is 0 Å². The second-order valence-corrected chi connectivity index (χ2v) is 4.34. The molecule has 0 saturated carbocycles. The molecule has 0 unspecified atom stereocenters. The van der Waals surface area contributed by atoms with Gasteiger partial charge in [-0.1, -0.05) is 19.9 Å². The van der Waals surface area contributed by atoms with Crippen LogP contribution in [0.2, 0.25) is 0 Å². The summed E-state index contributed by atoms with van der Waals surface area (Å²) < 4.78 is 0. The summed E-state index contributed by atoms with van der Waals surface area (Å²) in [5.74, 6) is 0. The van der Waals surface area contributed by atoms with E-state index >= 15 is 0 Å². The van der Waals surface area contributed by atoms with Crippen LogP contribution in [0, 0.1) is 5.41 Å². The zero-order valence-corrected chi connectivity index (χ0v) is 10.2. The molecular formula is C13H22N2O. The maximum atomic E-state index is 9.44. The smallest absolute Gasteiger partial charge is 0.0504 e. The molecule has 3 nitrogen and oxygen atoms in total. The van der Waals surface area contributed by atoms with Crippen molar-refractivity contribution in [3.63, 3.8) is 0 Å². The summed E-state index contributed by atoms with van der Waals surface area (Å²) in [4.78, 5) is 0. The van der Waals surface area contributed by atoms with Gasteiger partial charge in [-0.25, -0.2) is 0 Å². The van der Waals surface area contributed by atoms with Crippen molar-refractivity contribution >= 4 is 11.4 Å². The Hall–Kier alpha value is -1.22. The number of nitrogen functional groups attached to an aromatic ring is 1. The number of anilines is 2. The molecule has 0 aromatic heterocycles. The Morgan fingerprint density at radius 3 is 2.50 bits per heavy atom. The van der Waals surface area contributed by atoms with Gasteiger partial charge in [0.1, 0.15) is 0 Å². The molecule has 0 atom stereocenters. The lowest BCUT2D eigenvalue weighted by Gasteiger charge is -2.30. The van der Waals surface area contributed by atoms with E-state index in [0.717, 1.165) is 30.8 Å². The Balaban J connectivity index is 2.62. The number of hydrogen-bond acceptors (Lipinski definition) is 3. The first-order chi connectivity index (χ1) is 7.65. The number of aliphatic hydroxyl groups excluding tert-OH is 1. The molecule has 0 aliphatic carbocycles. The minimum Gasteiger partial charge on any atom is -0.399 e. The van der Waals surface area contributed by atoms with Crippen LogP contribution in [-0.2, 0) is 0 Å². The van der Waals surface area contributed by atoms with Crippen LogP contribution in [0.25, 0.3) is 0 Å². The van der Waals surface area contributed by atoms with E-state index < -0.39 is 0 Å². The summed E-state index contributed by atoms with van der Waals surface area (Å²) in [6.07, 6.45) is 1.94. The van der Waals surface area contributed by atoms with Crippen molar-refractivity contribution in [1.29, 1.82) is 0 Å². The first-order valence-electron chi connectivity index (χ1n) is 5.86. The lowest BCUT2D eigenvalue weighted by Crippen LogP contribution is -2.32. The molecule has 1 rings (SSSR count). The quantitative estimate of drug-likeness (QED) is 0.648. The van der Waals surface area contributed by atoms with Gasteiger partial charge in [0, 0.05) is 23.3 Å². The van der Waals surface area contributed by atoms with Crippen LogP contribution < -0.4 is 11.1 Å². The largest absolute Gasteiger partial charge is 0.399 e. The molecule has 0 aliphatic rings. The molecular weight excluding hydrogens is 200 g/mol. The normalized spacial score (nSPS) is 11.4. The highest BCUT2D eigenvalue weighted by Gasteiger charge is 2.24. The Morgan fingerprint density at radius 1 is 1.31 bits per heavy atom. The zero-order valence-electron chi connectivity index (χ0n) is 10.2. The second kappa shape index (κ2) is 5.75. The summed E-state index contributed by atoms with van der Waals surface area (Å²) >= 11 is 0. The molecule has 0 spiro atoms. The monoisotopic (exact) mass is 222 g/mol. The standard InChI is InChI=1S/C13H22N2O/c1-3-13(4-2,10-16)9-15-12-7-5-6-11(14)8-12/h5-8,15-16H,3-4,9-10,14H2,1-2H3. The van der Waals surface area contributed by atoms with Crippen LogP contribution in [0.4, 0.5) is 11.4 Å². The first-order valence-corrected chi connectivity index (χ1v) is 5.86. The minimum atomic E-state index is -0.0232. The summed E-state index contributed by atoms with van der Waals surface area (Å²) in [7, 11) is 0. The molecule has 4 N–H and O–H groups in total. The Bertz CT molecular complexity index is 313. The van der Waals surface area contributed by atoms with Crippen molar-refractivity contribution in [3.8, 4) is 0 Å². The molecule has 0 amide bonds. The van der Waals surface area contributed by atoms with Gasteiger partial charge in [-0.15, -0.1) is 0 Å². The molecule has 0 fully saturated rings. The third-order valence-electron chi connectivity index (χ3n) is 3.39. The number of rotatable bonds is 6. The predicted molar refractivity (Wildman–Crippen MR) is 69.4 cm³/mol. The maximum Gasteiger partial charge on any atom is 0.0504 e. The molecule has 16 heavy (non-hydrogen) atoms. The molecule has 0 radical (unpaired) electrons. The van der Waals surface area contributed by atoms with E-state index in [-0.39, 0.29) is 12.0 Å². The zero-order chi connectivity index (χ0) is 12.0. The summed E-state index contributed by atoms with van der Waals surface area (Å²) in [5.41, 5.74) is 7.45. The SMILES string of the molecule is CCC(CC)(CO)CNc1cccc(N)c1. The van der Waals surface area contributed by atoms with E-state index in [1.54, 1.807) is 0 Å². The summed E-state index contributed by atoms with van der Waals surface area (Å²) in [6, 6.07) is 7.69. The Kier molecular flexibility index (Phi) is 4.62. The van der Waals surface area contributed by atoms with Crippen LogP contribution in [-0.4, -0.2) is 18.3 Å². The highest BCUT2D eigenvalue weighted by molar-refractivity contribution is 5.54. The minimum absolute atomic E-state index is 0.0232. The fourth-order valence-electron chi connectivity index (χ4n) is 1.72. The molecule has 1 aromatic carbocycles. The Labute approximate surface area is 97.7 Å². The fraction of sp³-hybridized carbons (Fsp3) is 0.538. The van der Waals surface area contributed by atoms with E-state index in [9.17, 15) is 5.11 Å². The van der Waals surface area contributed by atoms with Crippen molar-refractivity contribution < 1.29 is 5.11 Å². The van der Waals surface area contributed by atoms with E-state index in [4.69, 9.17) is 5.73 Å². The average molecular weight is 222 g/mol. The molecule has 3 heteroatoms. The van der Waals surface area contributed by atoms with Gasteiger partial charge in [0.15, 0.2) is 0 Å². The molecule has 90 valence electrons. The van der Waals surface area contributed by atoms with Crippen LogP contribution >= 0.6 is 0 Å². The number of benzene rings is 1. The fourth-order valence-corrected chi connectivity index (χ4v) is 1.72. The van der Waals surface area contributed by atoms with E-state index in [0.29, 0.717) is 0 Å².